The molecule has 3 rings (SSSR count). The van der Waals surface area contributed by atoms with E-state index < -0.39 is 0 Å². The van der Waals surface area contributed by atoms with Crippen molar-refractivity contribution in [1.29, 1.82) is 0 Å². The lowest BCUT2D eigenvalue weighted by atomic mass is 10.1. The number of rotatable bonds is 5. The fourth-order valence-electron chi connectivity index (χ4n) is 3.05. The van der Waals surface area contributed by atoms with Crippen LogP contribution in [0.1, 0.15) is 24.8 Å². The van der Waals surface area contributed by atoms with Gasteiger partial charge in [0.25, 0.3) is 0 Å². The SMILES string of the molecule is CN(C)c1nc(N2CCCCC2)ncc1NC(=O)Cc1ccccc1F. The Hall–Kier alpha value is -2.70. The summed E-state index contributed by atoms with van der Waals surface area (Å²) >= 11 is 0. The third-order valence-electron chi connectivity index (χ3n) is 4.40. The molecule has 1 aromatic heterocycles. The van der Waals surface area contributed by atoms with Gasteiger partial charge in [-0.25, -0.2) is 9.37 Å². The molecule has 2 aromatic rings. The maximum absolute atomic E-state index is 13.7. The van der Waals surface area contributed by atoms with E-state index in [1.807, 2.05) is 19.0 Å². The minimum atomic E-state index is -0.382. The minimum absolute atomic E-state index is 0.0343. The standard InChI is InChI=1S/C19H24FN5O/c1-24(2)18-16(13-21-19(23-18)25-10-6-3-7-11-25)22-17(26)12-14-8-4-5-9-15(14)20/h4-5,8-9,13H,3,6-7,10-12H2,1-2H3,(H,22,26). The normalized spacial score (nSPS) is 14.2. The van der Waals surface area contributed by atoms with Gasteiger partial charge in [-0.3, -0.25) is 4.79 Å². The molecule has 138 valence electrons. The van der Waals surface area contributed by atoms with Crippen molar-refractivity contribution in [3.8, 4) is 0 Å². The van der Waals surface area contributed by atoms with Gasteiger partial charge < -0.3 is 15.1 Å². The molecule has 26 heavy (non-hydrogen) atoms. The van der Waals surface area contributed by atoms with Crippen LogP contribution >= 0.6 is 0 Å². The summed E-state index contributed by atoms with van der Waals surface area (Å²) in [6.07, 6.45) is 5.11. The number of aromatic nitrogens is 2. The van der Waals surface area contributed by atoms with E-state index in [-0.39, 0.29) is 18.1 Å². The molecule has 1 aliphatic rings. The van der Waals surface area contributed by atoms with Crippen LogP contribution < -0.4 is 15.1 Å². The van der Waals surface area contributed by atoms with Crippen LogP contribution in [0.4, 0.5) is 21.8 Å². The van der Waals surface area contributed by atoms with Gasteiger partial charge in [-0.2, -0.15) is 4.98 Å². The first kappa shape index (κ1) is 18.1. The van der Waals surface area contributed by atoms with Gasteiger partial charge in [0, 0.05) is 27.2 Å². The number of nitrogens with zero attached hydrogens (tertiary/aromatic N) is 4. The predicted octanol–water partition coefficient (Wildman–Crippen LogP) is 2.85. The van der Waals surface area contributed by atoms with Crippen LogP contribution in [0, 0.1) is 5.82 Å². The van der Waals surface area contributed by atoms with E-state index in [0.29, 0.717) is 23.0 Å². The summed E-state index contributed by atoms with van der Waals surface area (Å²) in [5.74, 6) is 0.641. The zero-order chi connectivity index (χ0) is 18.5. The first-order chi connectivity index (χ1) is 12.5. The van der Waals surface area contributed by atoms with Crippen LogP contribution in [0.3, 0.4) is 0 Å². The molecule has 1 aliphatic heterocycles. The molecule has 0 bridgehead atoms. The Morgan fingerprint density at radius 3 is 2.65 bits per heavy atom. The van der Waals surface area contributed by atoms with Crippen molar-refractivity contribution in [2.75, 3.05) is 42.3 Å². The second-order valence-corrected chi connectivity index (χ2v) is 6.67. The van der Waals surface area contributed by atoms with Gasteiger partial charge in [-0.1, -0.05) is 18.2 Å². The van der Waals surface area contributed by atoms with Crippen LogP contribution in [-0.2, 0) is 11.2 Å². The van der Waals surface area contributed by atoms with E-state index in [2.05, 4.69) is 20.2 Å². The number of benzene rings is 1. The van der Waals surface area contributed by atoms with Crippen LogP contribution in [0.15, 0.2) is 30.5 Å². The van der Waals surface area contributed by atoms with Crippen LogP contribution in [-0.4, -0.2) is 43.1 Å². The van der Waals surface area contributed by atoms with Gasteiger partial charge in [-0.05, 0) is 30.9 Å². The zero-order valence-corrected chi connectivity index (χ0v) is 15.2. The quantitative estimate of drug-likeness (QED) is 0.892. The van der Waals surface area contributed by atoms with Crippen molar-refractivity contribution in [3.05, 3.63) is 41.8 Å². The summed E-state index contributed by atoms with van der Waals surface area (Å²) in [5.41, 5.74) is 0.888. The summed E-state index contributed by atoms with van der Waals surface area (Å²) in [6.45, 7) is 1.90. The summed E-state index contributed by atoms with van der Waals surface area (Å²) in [4.78, 5) is 25.4. The predicted molar refractivity (Wildman–Crippen MR) is 101 cm³/mol. The molecule has 0 aliphatic carbocycles. The molecule has 0 spiro atoms. The molecular weight excluding hydrogens is 333 g/mol. The number of carbonyl (C=O) groups is 1. The van der Waals surface area contributed by atoms with Crippen molar-refractivity contribution >= 4 is 23.4 Å². The lowest BCUT2D eigenvalue weighted by Gasteiger charge is -2.28. The van der Waals surface area contributed by atoms with Gasteiger partial charge in [0.2, 0.25) is 11.9 Å². The van der Waals surface area contributed by atoms with Crippen molar-refractivity contribution in [2.24, 2.45) is 0 Å². The number of anilines is 3. The Kier molecular flexibility index (Phi) is 5.65. The first-order valence-corrected chi connectivity index (χ1v) is 8.87. The number of nitrogens with one attached hydrogen (secondary N) is 1. The summed E-state index contributed by atoms with van der Waals surface area (Å²) in [6, 6.07) is 6.28. The lowest BCUT2D eigenvalue weighted by molar-refractivity contribution is -0.115. The van der Waals surface area contributed by atoms with E-state index in [1.165, 1.54) is 12.5 Å². The molecule has 1 amide bonds. The number of piperidine rings is 1. The molecule has 1 fully saturated rings. The van der Waals surface area contributed by atoms with Crippen molar-refractivity contribution in [2.45, 2.75) is 25.7 Å². The Morgan fingerprint density at radius 2 is 1.96 bits per heavy atom. The average molecular weight is 357 g/mol. The molecule has 7 heteroatoms. The maximum atomic E-state index is 13.7. The van der Waals surface area contributed by atoms with Crippen LogP contribution in [0.2, 0.25) is 0 Å². The highest BCUT2D eigenvalue weighted by molar-refractivity contribution is 5.94. The van der Waals surface area contributed by atoms with Gasteiger partial charge >= 0.3 is 0 Å². The van der Waals surface area contributed by atoms with Gasteiger partial charge in [0.05, 0.1) is 12.6 Å². The highest BCUT2D eigenvalue weighted by Gasteiger charge is 2.18. The minimum Gasteiger partial charge on any atom is -0.361 e. The Labute approximate surface area is 153 Å². The number of hydrogen-bond acceptors (Lipinski definition) is 5. The monoisotopic (exact) mass is 357 g/mol. The van der Waals surface area contributed by atoms with Crippen molar-refractivity contribution in [1.82, 2.24) is 9.97 Å². The van der Waals surface area contributed by atoms with E-state index in [1.54, 1.807) is 24.4 Å². The second kappa shape index (κ2) is 8.12. The van der Waals surface area contributed by atoms with Crippen molar-refractivity contribution < 1.29 is 9.18 Å². The third kappa shape index (κ3) is 4.28. The number of carbonyl (C=O) groups excluding carboxylic acids is 1. The second-order valence-electron chi connectivity index (χ2n) is 6.67. The molecule has 0 saturated carbocycles. The molecule has 0 unspecified atom stereocenters. The summed E-state index contributed by atoms with van der Waals surface area (Å²) < 4.78 is 13.7. The van der Waals surface area contributed by atoms with Gasteiger partial charge in [-0.15, -0.1) is 0 Å². The Bertz CT molecular complexity index is 774. The molecule has 1 aromatic carbocycles. The highest BCUT2D eigenvalue weighted by Crippen LogP contribution is 2.25. The van der Waals surface area contributed by atoms with Crippen LogP contribution in [0.25, 0.3) is 0 Å². The molecule has 0 atom stereocenters. The highest BCUT2D eigenvalue weighted by atomic mass is 19.1. The van der Waals surface area contributed by atoms with Crippen LogP contribution in [0.5, 0.6) is 0 Å². The molecular formula is C19H24FN5O. The maximum Gasteiger partial charge on any atom is 0.229 e. The fraction of sp³-hybridized carbons (Fsp3) is 0.421. The van der Waals surface area contributed by atoms with Crippen molar-refractivity contribution in [3.63, 3.8) is 0 Å². The molecule has 0 radical (unpaired) electrons. The first-order valence-electron chi connectivity index (χ1n) is 8.87. The molecule has 2 heterocycles. The average Bonchev–Trinajstić information content (AvgIpc) is 2.64. The third-order valence-corrected chi connectivity index (χ3v) is 4.40. The largest absolute Gasteiger partial charge is 0.361 e. The summed E-state index contributed by atoms with van der Waals surface area (Å²) in [5, 5.41) is 2.81. The van der Waals surface area contributed by atoms with Gasteiger partial charge in [0.15, 0.2) is 5.82 Å². The zero-order valence-electron chi connectivity index (χ0n) is 15.2. The van der Waals surface area contributed by atoms with Gasteiger partial charge in [0.1, 0.15) is 11.5 Å². The van der Waals surface area contributed by atoms with E-state index >= 15 is 0 Å². The fourth-order valence-corrected chi connectivity index (χ4v) is 3.05. The Morgan fingerprint density at radius 1 is 1.23 bits per heavy atom. The smallest absolute Gasteiger partial charge is 0.229 e. The number of hydrogen-bond donors (Lipinski definition) is 1. The Balaban J connectivity index is 1.76. The number of halogens is 1. The topological polar surface area (TPSA) is 61.4 Å². The summed E-state index contributed by atoms with van der Waals surface area (Å²) in [7, 11) is 3.74. The lowest BCUT2D eigenvalue weighted by Crippen LogP contribution is -2.31. The van der Waals surface area contributed by atoms with E-state index in [9.17, 15) is 9.18 Å². The molecule has 1 saturated heterocycles. The molecule has 1 N–H and O–H groups in total. The molecule has 6 nitrogen and oxygen atoms in total. The van der Waals surface area contributed by atoms with E-state index in [4.69, 9.17) is 0 Å². The number of amides is 1. The van der Waals surface area contributed by atoms with E-state index in [0.717, 1.165) is 25.9 Å².